The van der Waals surface area contributed by atoms with E-state index in [1.807, 2.05) is 0 Å². The minimum atomic E-state index is -4.02. The standard InChI is InChI=1S/C13H14F3NO2S/c1-9-2-3-11(10(14)6-9)20(18,19)17-7-12(8-17)4-5-13(12,15)16/h2-3,6H,4-5,7-8H2,1H3. The Bertz CT molecular complexity index is 666. The predicted molar refractivity (Wildman–Crippen MR) is 66.5 cm³/mol. The number of aryl methyl sites for hydroxylation is 1. The second-order valence-electron chi connectivity index (χ2n) is 5.69. The average molecular weight is 305 g/mol. The van der Waals surface area contributed by atoms with Gasteiger partial charge >= 0.3 is 0 Å². The lowest BCUT2D eigenvalue weighted by Gasteiger charge is -2.59. The van der Waals surface area contributed by atoms with Gasteiger partial charge in [-0.3, -0.25) is 0 Å². The molecule has 0 bridgehead atoms. The van der Waals surface area contributed by atoms with Crippen LogP contribution < -0.4 is 0 Å². The van der Waals surface area contributed by atoms with Crippen molar-refractivity contribution in [2.45, 2.75) is 30.6 Å². The Hall–Kier alpha value is -1.08. The second-order valence-corrected chi connectivity index (χ2v) is 7.60. The first-order chi connectivity index (χ1) is 9.18. The number of nitrogens with zero attached hydrogens (tertiary/aromatic N) is 1. The molecule has 1 saturated carbocycles. The van der Waals surface area contributed by atoms with Crippen LogP contribution in [0.4, 0.5) is 13.2 Å². The maximum atomic E-state index is 13.8. The normalized spacial score (nSPS) is 24.2. The highest BCUT2D eigenvalue weighted by Crippen LogP contribution is 2.59. The fourth-order valence-corrected chi connectivity index (χ4v) is 4.47. The smallest absolute Gasteiger partial charge is 0.207 e. The molecular formula is C13H14F3NO2S. The van der Waals surface area contributed by atoms with Crippen LogP contribution in [0.1, 0.15) is 18.4 Å². The summed E-state index contributed by atoms with van der Waals surface area (Å²) in [6, 6.07) is 3.80. The molecule has 2 fully saturated rings. The summed E-state index contributed by atoms with van der Waals surface area (Å²) in [7, 11) is -4.02. The van der Waals surface area contributed by atoms with Crippen molar-refractivity contribution >= 4 is 10.0 Å². The summed E-state index contributed by atoms with van der Waals surface area (Å²) < 4.78 is 66.0. The van der Waals surface area contributed by atoms with Crippen molar-refractivity contribution in [3.63, 3.8) is 0 Å². The Labute approximate surface area is 115 Å². The van der Waals surface area contributed by atoms with Gasteiger partial charge in [-0.15, -0.1) is 0 Å². The largest absolute Gasteiger partial charge is 0.256 e. The molecule has 0 unspecified atom stereocenters. The first-order valence-electron chi connectivity index (χ1n) is 6.32. The highest BCUT2D eigenvalue weighted by Gasteiger charge is 2.68. The van der Waals surface area contributed by atoms with Gasteiger partial charge < -0.3 is 0 Å². The molecule has 3 rings (SSSR count). The molecule has 0 radical (unpaired) electrons. The minimum absolute atomic E-state index is 0.195. The van der Waals surface area contributed by atoms with Crippen LogP contribution in [0.3, 0.4) is 0 Å². The Morgan fingerprint density at radius 3 is 2.30 bits per heavy atom. The molecule has 0 atom stereocenters. The van der Waals surface area contributed by atoms with Gasteiger partial charge in [0.25, 0.3) is 5.92 Å². The Morgan fingerprint density at radius 1 is 1.20 bits per heavy atom. The molecule has 3 nitrogen and oxygen atoms in total. The summed E-state index contributed by atoms with van der Waals surface area (Å²) in [5.41, 5.74) is -0.617. The number of halogens is 3. The quantitative estimate of drug-likeness (QED) is 0.842. The fraction of sp³-hybridized carbons (Fsp3) is 0.538. The zero-order valence-corrected chi connectivity index (χ0v) is 11.7. The van der Waals surface area contributed by atoms with Gasteiger partial charge in [0.2, 0.25) is 10.0 Å². The van der Waals surface area contributed by atoms with E-state index in [-0.39, 0.29) is 19.5 Å². The lowest BCUT2D eigenvalue weighted by Crippen LogP contribution is -2.70. The maximum Gasteiger partial charge on any atom is 0.256 e. The van der Waals surface area contributed by atoms with Gasteiger partial charge in [-0.25, -0.2) is 21.6 Å². The third-order valence-electron chi connectivity index (χ3n) is 4.36. The van der Waals surface area contributed by atoms with Gasteiger partial charge in [-0.2, -0.15) is 4.31 Å². The zero-order valence-electron chi connectivity index (χ0n) is 10.9. The number of rotatable bonds is 2. The molecule has 0 amide bonds. The van der Waals surface area contributed by atoms with Gasteiger partial charge in [-0.1, -0.05) is 6.07 Å². The summed E-state index contributed by atoms with van der Waals surface area (Å²) in [5.74, 6) is -3.64. The minimum Gasteiger partial charge on any atom is -0.207 e. The molecule has 0 N–H and O–H groups in total. The van der Waals surface area contributed by atoms with Crippen molar-refractivity contribution in [1.29, 1.82) is 0 Å². The van der Waals surface area contributed by atoms with Crippen molar-refractivity contribution in [2.24, 2.45) is 5.41 Å². The van der Waals surface area contributed by atoms with E-state index in [2.05, 4.69) is 0 Å². The summed E-state index contributed by atoms with van der Waals surface area (Å²) in [6.45, 7) is 1.19. The molecule has 110 valence electrons. The predicted octanol–water partition coefficient (Wildman–Crippen LogP) is 2.55. The third kappa shape index (κ3) is 1.72. The number of benzene rings is 1. The molecule has 0 aromatic heterocycles. The van der Waals surface area contributed by atoms with Crippen molar-refractivity contribution < 1.29 is 21.6 Å². The topological polar surface area (TPSA) is 37.4 Å². The first-order valence-corrected chi connectivity index (χ1v) is 7.76. The van der Waals surface area contributed by atoms with Gasteiger partial charge in [0.1, 0.15) is 10.7 Å². The summed E-state index contributed by atoms with van der Waals surface area (Å²) in [4.78, 5) is -0.444. The van der Waals surface area contributed by atoms with Gasteiger partial charge in [0.15, 0.2) is 0 Å². The van der Waals surface area contributed by atoms with Crippen LogP contribution >= 0.6 is 0 Å². The first kappa shape index (κ1) is 13.9. The van der Waals surface area contributed by atoms with Crippen LogP contribution in [0.2, 0.25) is 0 Å². The van der Waals surface area contributed by atoms with Crippen LogP contribution in [0.25, 0.3) is 0 Å². The summed E-state index contributed by atoms with van der Waals surface area (Å²) in [5, 5.41) is 0. The molecule has 20 heavy (non-hydrogen) atoms. The Balaban J connectivity index is 1.85. The highest BCUT2D eigenvalue weighted by atomic mass is 32.2. The molecule has 1 aromatic carbocycles. The van der Waals surface area contributed by atoms with Gasteiger partial charge in [0, 0.05) is 19.5 Å². The number of hydrogen-bond donors (Lipinski definition) is 0. The molecule has 2 aliphatic rings. The van der Waals surface area contributed by atoms with Crippen LogP contribution in [0.5, 0.6) is 0 Å². The van der Waals surface area contributed by atoms with Gasteiger partial charge in [0.05, 0.1) is 5.41 Å². The van der Waals surface area contributed by atoms with Crippen molar-refractivity contribution in [3.8, 4) is 0 Å². The molecular weight excluding hydrogens is 291 g/mol. The van der Waals surface area contributed by atoms with Crippen LogP contribution in [0, 0.1) is 18.2 Å². The zero-order chi connectivity index (χ0) is 14.8. The molecule has 1 aromatic rings. The average Bonchev–Trinajstić information content (AvgIpc) is 2.24. The molecule has 7 heteroatoms. The Morgan fingerprint density at radius 2 is 1.85 bits per heavy atom. The molecule has 1 aliphatic carbocycles. The number of hydrogen-bond acceptors (Lipinski definition) is 2. The third-order valence-corrected chi connectivity index (χ3v) is 6.18. The van der Waals surface area contributed by atoms with E-state index in [0.29, 0.717) is 12.0 Å². The second kappa shape index (κ2) is 3.98. The molecule has 1 aliphatic heterocycles. The maximum absolute atomic E-state index is 13.8. The van der Waals surface area contributed by atoms with E-state index in [9.17, 15) is 21.6 Å². The van der Waals surface area contributed by atoms with Gasteiger partial charge in [-0.05, 0) is 31.0 Å². The van der Waals surface area contributed by atoms with Crippen molar-refractivity contribution in [2.75, 3.05) is 13.1 Å². The van der Waals surface area contributed by atoms with E-state index >= 15 is 0 Å². The monoisotopic (exact) mass is 305 g/mol. The van der Waals surface area contributed by atoms with E-state index in [0.717, 1.165) is 10.4 Å². The lowest BCUT2D eigenvalue weighted by atomic mass is 9.61. The van der Waals surface area contributed by atoms with Crippen molar-refractivity contribution in [3.05, 3.63) is 29.6 Å². The lowest BCUT2D eigenvalue weighted by molar-refractivity contribution is -0.242. The molecule has 1 spiro atoms. The molecule has 1 heterocycles. The fourth-order valence-electron chi connectivity index (χ4n) is 2.81. The van der Waals surface area contributed by atoms with Crippen LogP contribution in [-0.4, -0.2) is 31.7 Å². The Kier molecular flexibility index (Phi) is 2.76. The highest BCUT2D eigenvalue weighted by molar-refractivity contribution is 7.89. The number of alkyl halides is 2. The van der Waals surface area contributed by atoms with Crippen LogP contribution in [-0.2, 0) is 10.0 Å². The summed E-state index contributed by atoms with van der Waals surface area (Å²) >= 11 is 0. The number of sulfonamides is 1. The van der Waals surface area contributed by atoms with E-state index in [1.165, 1.54) is 12.1 Å². The van der Waals surface area contributed by atoms with E-state index in [4.69, 9.17) is 0 Å². The van der Waals surface area contributed by atoms with E-state index in [1.54, 1.807) is 6.92 Å². The van der Waals surface area contributed by atoms with Crippen molar-refractivity contribution in [1.82, 2.24) is 4.31 Å². The van der Waals surface area contributed by atoms with Crippen LogP contribution in [0.15, 0.2) is 23.1 Å². The summed E-state index contributed by atoms with van der Waals surface area (Å²) in [6.07, 6.45) is 0.127. The molecule has 1 saturated heterocycles. The SMILES string of the molecule is Cc1ccc(S(=O)(=O)N2CC3(CCC3(F)F)C2)c(F)c1. The van der Waals surface area contributed by atoms with E-state index < -0.39 is 32.1 Å².